The van der Waals surface area contributed by atoms with Crippen LogP contribution >= 0.6 is 15.9 Å². The van der Waals surface area contributed by atoms with Crippen molar-refractivity contribution in [3.8, 4) is 0 Å². The normalized spacial score (nSPS) is 26.9. The quantitative estimate of drug-likeness (QED) is 0.377. The molecule has 0 aromatic rings. The molecule has 0 aromatic heterocycles. The molecule has 0 bridgehead atoms. The van der Waals surface area contributed by atoms with Crippen molar-refractivity contribution in [2.75, 3.05) is 32.3 Å². The van der Waals surface area contributed by atoms with E-state index < -0.39 is 0 Å². The summed E-state index contributed by atoms with van der Waals surface area (Å²) < 4.78 is 10.8. The molecule has 0 spiro atoms. The van der Waals surface area contributed by atoms with Crippen LogP contribution in [0.2, 0.25) is 0 Å². The van der Waals surface area contributed by atoms with Crippen molar-refractivity contribution in [2.24, 2.45) is 11.3 Å². The highest BCUT2D eigenvalue weighted by molar-refractivity contribution is 9.09. The molecule has 0 aliphatic heterocycles. The van der Waals surface area contributed by atoms with Crippen molar-refractivity contribution < 1.29 is 9.47 Å². The van der Waals surface area contributed by atoms with E-state index in [2.05, 4.69) is 22.9 Å². The molecule has 20 heavy (non-hydrogen) atoms. The van der Waals surface area contributed by atoms with Gasteiger partial charge in [-0.05, 0) is 49.9 Å². The number of hydrogen-bond acceptors (Lipinski definition) is 2. The maximum Gasteiger partial charge on any atom is 0.0487 e. The van der Waals surface area contributed by atoms with Crippen LogP contribution < -0.4 is 0 Å². The van der Waals surface area contributed by atoms with Crippen LogP contribution in [0.1, 0.15) is 64.7 Å². The highest BCUT2D eigenvalue weighted by atomic mass is 79.9. The summed E-state index contributed by atoms with van der Waals surface area (Å²) in [6.07, 6.45) is 12.0. The fourth-order valence-electron chi connectivity index (χ4n) is 3.22. The minimum Gasteiger partial charge on any atom is -0.385 e. The Kier molecular flexibility index (Phi) is 10.2. The smallest absolute Gasteiger partial charge is 0.0487 e. The second-order valence-electron chi connectivity index (χ2n) is 6.43. The van der Waals surface area contributed by atoms with Gasteiger partial charge < -0.3 is 9.47 Å². The zero-order valence-corrected chi connectivity index (χ0v) is 15.1. The summed E-state index contributed by atoms with van der Waals surface area (Å²) in [6.45, 7) is 4.86. The van der Waals surface area contributed by atoms with Gasteiger partial charge in [-0.15, -0.1) is 0 Å². The molecule has 0 atom stereocenters. The summed E-state index contributed by atoms with van der Waals surface area (Å²) in [5.41, 5.74) is 0.504. The molecular weight excluding hydrogens is 316 g/mol. The van der Waals surface area contributed by atoms with Crippen LogP contribution in [0.3, 0.4) is 0 Å². The first-order valence-corrected chi connectivity index (χ1v) is 9.51. The third-order valence-electron chi connectivity index (χ3n) is 4.83. The molecule has 1 fully saturated rings. The van der Waals surface area contributed by atoms with E-state index in [1.165, 1.54) is 51.4 Å². The van der Waals surface area contributed by atoms with Gasteiger partial charge in [0.25, 0.3) is 0 Å². The number of rotatable bonds is 11. The van der Waals surface area contributed by atoms with Gasteiger partial charge in [0.2, 0.25) is 0 Å². The molecule has 0 radical (unpaired) electrons. The third-order valence-corrected chi connectivity index (χ3v) is 6.02. The van der Waals surface area contributed by atoms with E-state index in [9.17, 15) is 0 Å². The van der Waals surface area contributed by atoms with E-state index in [-0.39, 0.29) is 0 Å². The Morgan fingerprint density at radius 2 is 1.85 bits per heavy atom. The van der Waals surface area contributed by atoms with Crippen molar-refractivity contribution >= 4 is 15.9 Å². The Labute approximate surface area is 134 Å². The molecule has 1 rings (SSSR count). The van der Waals surface area contributed by atoms with E-state index in [1.54, 1.807) is 7.11 Å². The average molecular weight is 349 g/mol. The molecule has 0 unspecified atom stereocenters. The molecule has 2 nitrogen and oxygen atoms in total. The fraction of sp³-hybridized carbons (Fsp3) is 1.00. The van der Waals surface area contributed by atoms with Crippen molar-refractivity contribution in [3.05, 3.63) is 0 Å². The molecule has 1 aliphatic rings. The van der Waals surface area contributed by atoms with Gasteiger partial charge in [0, 0.05) is 32.3 Å². The van der Waals surface area contributed by atoms with Crippen molar-refractivity contribution in [3.63, 3.8) is 0 Å². The van der Waals surface area contributed by atoms with Crippen LogP contribution in [0.5, 0.6) is 0 Å². The molecule has 3 heteroatoms. The molecule has 120 valence electrons. The lowest BCUT2D eigenvalue weighted by atomic mass is 9.69. The lowest BCUT2D eigenvalue weighted by molar-refractivity contribution is 0.0631. The zero-order valence-electron chi connectivity index (χ0n) is 13.5. The first-order valence-electron chi connectivity index (χ1n) is 8.39. The van der Waals surface area contributed by atoms with Gasteiger partial charge in [-0.25, -0.2) is 0 Å². The first kappa shape index (κ1) is 18.4. The monoisotopic (exact) mass is 348 g/mol. The molecule has 1 aliphatic carbocycles. The lowest BCUT2D eigenvalue weighted by Gasteiger charge is -2.39. The fourth-order valence-corrected chi connectivity index (χ4v) is 4.06. The summed E-state index contributed by atoms with van der Waals surface area (Å²) in [5.74, 6) is 0.991. The minimum absolute atomic E-state index is 0.504. The van der Waals surface area contributed by atoms with Crippen LogP contribution in [0, 0.1) is 11.3 Å². The van der Waals surface area contributed by atoms with Crippen LogP contribution in [0.4, 0.5) is 0 Å². The van der Waals surface area contributed by atoms with Crippen molar-refractivity contribution in [1.82, 2.24) is 0 Å². The highest BCUT2D eigenvalue weighted by Crippen LogP contribution is 2.44. The predicted molar refractivity (Wildman–Crippen MR) is 89.6 cm³/mol. The molecule has 0 saturated heterocycles. The van der Waals surface area contributed by atoms with Crippen LogP contribution in [-0.2, 0) is 9.47 Å². The van der Waals surface area contributed by atoms with Crippen molar-refractivity contribution in [2.45, 2.75) is 64.7 Å². The van der Waals surface area contributed by atoms with Crippen LogP contribution in [-0.4, -0.2) is 32.3 Å². The lowest BCUT2D eigenvalue weighted by Crippen LogP contribution is -2.30. The molecule has 0 aromatic carbocycles. The highest BCUT2D eigenvalue weighted by Gasteiger charge is 2.33. The van der Waals surface area contributed by atoms with E-state index in [1.807, 2.05) is 0 Å². The third kappa shape index (κ3) is 6.91. The number of methoxy groups -OCH3 is 1. The van der Waals surface area contributed by atoms with Gasteiger partial charge in [-0.1, -0.05) is 42.1 Å². The maximum atomic E-state index is 5.76. The minimum atomic E-state index is 0.504. The summed E-state index contributed by atoms with van der Waals surface area (Å²) >= 11 is 3.76. The molecular formula is C17H33BrO2. The average Bonchev–Trinajstić information content (AvgIpc) is 2.50. The van der Waals surface area contributed by atoms with E-state index in [0.717, 1.165) is 37.5 Å². The number of ether oxygens (including phenoxy) is 2. The molecule has 1 saturated carbocycles. The van der Waals surface area contributed by atoms with Gasteiger partial charge in [0.1, 0.15) is 0 Å². The number of hydrogen-bond donors (Lipinski definition) is 0. The Hall–Kier alpha value is 0.400. The Morgan fingerprint density at radius 3 is 2.45 bits per heavy atom. The van der Waals surface area contributed by atoms with E-state index >= 15 is 0 Å². The predicted octanol–water partition coefficient (Wildman–Crippen LogP) is 5.19. The number of alkyl halides is 1. The number of unbranched alkanes of at least 4 members (excludes halogenated alkanes) is 1. The second kappa shape index (κ2) is 11.0. The standard InChI is InChI=1S/C17H33BrO2/c1-3-4-6-16-7-9-17(15-18,10-8-16)11-14-20-13-5-12-19-2/h16H,3-15H2,1-2H3. The summed E-state index contributed by atoms with van der Waals surface area (Å²) in [6, 6.07) is 0. The molecule has 0 amide bonds. The summed E-state index contributed by atoms with van der Waals surface area (Å²) in [7, 11) is 1.75. The van der Waals surface area contributed by atoms with Gasteiger partial charge in [-0.3, -0.25) is 0 Å². The zero-order chi connectivity index (χ0) is 14.7. The molecule has 0 heterocycles. The van der Waals surface area contributed by atoms with E-state index in [4.69, 9.17) is 9.47 Å². The van der Waals surface area contributed by atoms with Crippen LogP contribution in [0.25, 0.3) is 0 Å². The maximum absolute atomic E-state index is 5.76. The first-order chi connectivity index (χ1) is 9.76. The van der Waals surface area contributed by atoms with Crippen molar-refractivity contribution in [1.29, 1.82) is 0 Å². The summed E-state index contributed by atoms with van der Waals surface area (Å²) in [5, 5.41) is 1.14. The van der Waals surface area contributed by atoms with Gasteiger partial charge >= 0.3 is 0 Å². The van der Waals surface area contributed by atoms with Crippen LogP contribution in [0.15, 0.2) is 0 Å². The number of halogens is 1. The van der Waals surface area contributed by atoms with Gasteiger partial charge in [0.05, 0.1) is 0 Å². The van der Waals surface area contributed by atoms with E-state index in [0.29, 0.717) is 5.41 Å². The second-order valence-corrected chi connectivity index (χ2v) is 6.99. The Bertz CT molecular complexity index is 225. The van der Waals surface area contributed by atoms with Gasteiger partial charge in [0.15, 0.2) is 0 Å². The Balaban J connectivity index is 2.17. The Morgan fingerprint density at radius 1 is 1.10 bits per heavy atom. The largest absolute Gasteiger partial charge is 0.385 e. The SMILES string of the molecule is CCCCC1CCC(CBr)(CCOCCCOC)CC1. The van der Waals surface area contributed by atoms with Gasteiger partial charge in [-0.2, -0.15) is 0 Å². The topological polar surface area (TPSA) is 18.5 Å². The summed E-state index contributed by atoms with van der Waals surface area (Å²) in [4.78, 5) is 0. The molecule has 0 N–H and O–H groups in total.